The van der Waals surface area contributed by atoms with Crippen LogP contribution in [0.5, 0.6) is 0 Å². The van der Waals surface area contributed by atoms with Gasteiger partial charge in [-0.15, -0.1) is 0 Å². The molecule has 0 saturated carbocycles. The van der Waals surface area contributed by atoms with E-state index in [0.29, 0.717) is 16.6 Å². The zero-order valence-corrected chi connectivity index (χ0v) is 12.1. The smallest absolute Gasteiger partial charge is 0.328 e. The molecule has 1 aromatic rings. The van der Waals surface area contributed by atoms with E-state index in [1.54, 1.807) is 0 Å². The molecule has 1 aromatic carbocycles. The molecule has 108 valence electrons. The van der Waals surface area contributed by atoms with Crippen molar-refractivity contribution in [2.75, 3.05) is 19.8 Å². The molecule has 0 radical (unpaired) electrons. The maximum Gasteiger partial charge on any atom is 0.328 e. The topological polar surface area (TPSA) is 66.8 Å². The molecule has 1 amide bonds. The van der Waals surface area contributed by atoms with Crippen LogP contribution in [0.3, 0.4) is 0 Å². The van der Waals surface area contributed by atoms with Crippen molar-refractivity contribution in [3.8, 4) is 0 Å². The first-order chi connectivity index (χ1) is 9.49. The van der Waals surface area contributed by atoms with Gasteiger partial charge in [-0.05, 0) is 23.8 Å². The molecule has 0 bridgehead atoms. The highest BCUT2D eigenvalue weighted by atomic mass is 79.9. The van der Waals surface area contributed by atoms with Crippen LogP contribution in [-0.4, -0.2) is 47.7 Å². The van der Waals surface area contributed by atoms with Crippen LogP contribution in [0.4, 0.5) is 4.39 Å². The molecule has 1 fully saturated rings. The molecule has 2 rings (SSSR count). The Hall–Kier alpha value is -1.47. The molecule has 0 aliphatic carbocycles. The Labute approximate surface area is 123 Å². The predicted octanol–water partition coefficient (Wildman–Crippen LogP) is 1.44. The SMILES string of the molecule is O=C(O)C1COCCN1C(=O)Cc1cc(F)ccc1Br. The Bertz CT molecular complexity index is 537. The van der Waals surface area contributed by atoms with Crippen molar-refractivity contribution in [1.82, 2.24) is 4.90 Å². The summed E-state index contributed by atoms with van der Waals surface area (Å²) in [5, 5.41) is 9.08. The molecule has 1 N–H and O–H groups in total. The van der Waals surface area contributed by atoms with Gasteiger partial charge >= 0.3 is 5.97 Å². The zero-order chi connectivity index (χ0) is 14.7. The highest BCUT2D eigenvalue weighted by Gasteiger charge is 2.32. The first-order valence-corrected chi connectivity index (χ1v) is 6.82. The summed E-state index contributed by atoms with van der Waals surface area (Å²) in [6, 6.07) is 3.08. The zero-order valence-electron chi connectivity index (χ0n) is 10.5. The van der Waals surface area contributed by atoms with Gasteiger partial charge in [0, 0.05) is 11.0 Å². The number of benzene rings is 1. The lowest BCUT2D eigenvalue weighted by Gasteiger charge is -2.33. The standard InChI is InChI=1S/C13H13BrFNO4/c14-10-2-1-9(15)5-8(10)6-12(17)16-3-4-20-7-11(16)13(18)19/h1-2,5,11H,3-4,6-7H2,(H,18,19). The van der Waals surface area contributed by atoms with Gasteiger partial charge in [0.15, 0.2) is 6.04 Å². The number of aliphatic carboxylic acids is 1. The fourth-order valence-corrected chi connectivity index (χ4v) is 2.44. The van der Waals surface area contributed by atoms with E-state index < -0.39 is 17.8 Å². The quantitative estimate of drug-likeness (QED) is 0.900. The van der Waals surface area contributed by atoms with E-state index in [0.717, 1.165) is 0 Å². The molecule has 1 saturated heterocycles. The molecule has 1 atom stereocenters. The van der Waals surface area contributed by atoms with Crippen molar-refractivity contribution in [2.45, 2.75) is 12.5 Å². The number of carboxylic acids is 1. The van der Waals surface area contributed by atoms with Crippen LogP contribution >= 0.6 is 15.9 Å². The van der Waals surface area contributed by atoms with E-state index in [1.165, 1.54) is 23.1 Å². The van der Waals surface area contributed by atoms with Crippen molar-refractivity contribution < 1.29 is 23.8 Å². The van der Waals surface area contributed by atoms with E-state index in [9.17, 15) is 14.0 Å². The number of carbonyl (C=O) groups excluding carboxylic acids is 1. The molecular weight excluding hydrogens is 333 g/mol. The molecule has 0 aromatic heterocycles. The van der Waals surface area contributed by atoms with E-state index in [4.69, 9.17) is 9.84 Å². The van der Waals surface area contributed by atoms with Gasteiger partial charge in [-0.3, -0.25) is 4.79 Å². The third-order valence-corrected chi connectivity index (χ3v) is 3.86. The number of carboxylic acid groups (broad SMARTS) is 1. The largest absolute Gasteiger partial charge is 0.480 e. The highest BCUT2D eigenvalue weighted by Crippen LogP contribution is 2.20. The first-order valence-electron chi connectivity index (χ1n) is 6.03. The fraction of sp³-hybridized carbons (Fsp3) is 0.385. The maximum atomic E-state index is 13.2. The van der Waals surface area contributed by atoms with Crippen LogP contribution in [0.25, 0.3) is 0 Å². The lowest BCUT2D eigenvalue weighted by molar-refractivity contribution is -0.158. The monoisotopic (exact) mass is 345 g/mol. The Balaban J connectivity index is 2.14. The van der Waals surface area contributed by atoms with Gasteiger partial charge in [0.1, 0.15) is 5.82 Å². The number of ether oxygens (including phenoxy) is 1. The summed E-state index contributed by atoms with van der Waals surface area (Å²) in [7, 11) is 0. The summed E-state index contributed by atoms with van der Waals surface area (Å²) < 4.78 is 18.9. The lowest BCUT2D eigenvalue weighted by atomic mass is 10.1. The minimum absolute atomic E-state index is 0.0224. The number of carbonyl (C=O) groups is 2. The molecule has 1 unspecified atom stereocenters. The predicted molar refractivity (Wildman–Crippen MR) is 71.8 cm³/mol. The summed E-state index contributed by atoms with van der Waals surface area (Å²) in [5.74, 6) is -1.89. The van der Waals surface area contributed by atoms with E-state index >= 15 is 0 Å². The van der Waals surface area contributed by atoms with Gasteiger partial charge in [0.25, 0.3) is 0 Å². The maximum absolute atomic E-state index is 13.2. The number of rotatable bonds is 3. The summed E-state index contributed by atoms with van der Waals surface area (Å²) >= 11 is 3.25. The highest BCUT2D eigenvalue weighted by molar-refractivity contribution is 9.10. The minimum Gasteiger partial charge on any atom is -0.480 e. The summed E-state index contributed by atoms with van der Waals surface area (Å²) in [6.07, 6.45) is -0.0534. The van der Waals surface area contributed by atoms with E-state index in [-0.39, 0.29) is 25.5 Å². The van der Waals surface area contributed by atoms with Crippen LogP contribution in [0.2, 0.25) is 0 Å². The van der Waals surface area contributed by atoms with Crippen molar-refractivity contribution >= 4 is 27.8 Å². The second kappa shape index (κ2) is 6.32. The Morgan fingerprint density at radius 1 is 1.50 bits per heavy atom. The third-order valence-electron chi connectivity index (χ3n) is 3.08. The number of halogens is 2. The average Bonchev–Trinajstić information content (AvgIpc) is 2.42. The molecule has 7 heteroatoms. The molecule has 1 heterocycles. The first kappa shape index (κ1) is 14.9. The minimum atomic E-state index is -1.10. The van der Waals surface area contributed by atoms with Crippen LogP contribution in [0.15, 0.2) is 22.7 Å². The normalized spacial score (nSPS) is 18.9. The van der Waals surface area contributed by atoms with Gasteiger partial charge in [-0.25, -0.2) is 9.18 Å². The second-order valence-electron chi connectivity index (χ2n) is 4.43. The number of nitrogens with zero attached hydrogens (tertiary/aromatic N) is 1. The number of amides is 1. The van der Waals surface area contributed by atoms with Crippen LogP contribution in [0.1, 0.15) is 5.56 Å². The van der Waals surface area contributed by atoms with Gasteiger partial charge < -0.3 is 14.7 Å². The third kappa shape index (κ3) is 3.34. The Kier molecular flexibility index (Phi) is 4.72. The van der Waals surface area contributed by atoms with E-state index in [2.05, 4.69) is 15.9 Å². The van der Waals surface area contributed by atoms with Crippen LogP contribution < -0.4 is 0 Å². The molecule has 1 aliphatic rings. The number of hydrogen-bond acceptors (Lipinski definition) is 3. The van der Waals surface area contributed by atoms with Crippen molar-refractivity contribution in [3.63, 3.8) is 0 Å². The number of hydrogen-bond donors (Lipinski definition) is 1. The summed E-state index contributed by atoms with van der Waals surface area (Å²) in [5.41, 5.74) is 0.491. The Morgan fingerprint density at radius 2 is 2.25 bits per heavy atom. The van der Waals surface area contributed by atoms with Crippen molar-refractivity contribution in [2.24, 2.45) is 0 Å². The van der Waals surface area contributed by atoms with Gasteiger partial charge in [-0.1, -0.05) is 15.9 Å². The lowest BCUT2D eigenvalue weighted by Crippen LogP contribution is -2.53. The number of morpholine rings is 1. The van der Waals surface area contributed by atoms with Crippen LogP contribution in [-0.2, 0) is 20.7 Å². The molecule has 0 spiro atoms. The van der Waals surface area contributed by atoms with Crippen molar-refractivity contribution in [3.05, 3.63) is 34.1 Å². The second-order valence-corrected chi connectivity index (χ2v) is 5.28. The molecular formula is C13H13BrFNO4. The van der Waals surface area contributed by atoms with Gasteiger partial charge in [0.05, 0.1) is 19.6 Å². The van der Waals surface area contributed by atoms with Crippen LogP contribution in [0, 0.1) is 5.82 Å². The molecule has 1 aliphatic heterocycles. The van der Waals surface area contributed by atoms with E-state index in [1.807, 2.05) is 0 Å². The molecule has 20 heavy (non-hydrogen) atoms. The molecule has 5 nitrogen and oxygen atoms in total. The van der Waals surface area contributed by atoms with Crippen molar-refractivity contribution in [1.29, 1.82) is 0 Å². The van der Waals surface area contributed by atoms with Gasteiger partial charge in [-0.2, -0.15) is 0 Å². The Morgan fingerprint density at radius 3 is 2.95 bits per heavy atom. The average molecular weight is 346 g/mol. The summed E-state index contributed by atoms with van der Waals surface area (Å²) in [6.45, 7) is 0.508. The fourth-order valence-electron chi connectivity index (χ4n) is 2.05. The van der Waals surface area contributed by atoms with Gasteiger partial charge in [0.2, 0.25) is 5.91 Å². The summed E-state index contributed by atoms with van der Waals surface area (Å²) in [4.78, 5) is 24.6.